The molecule has 0 atom stereocenters. The summed E-state index contributed by atoms with van der Waals surface area (Å²) in [5.41, 5.74) is 0. The number of unbranched alkanes of at least 4 members (excludes halogenated alkanes) is 13. The smallest absolute Gasteiger partial charge is 0.0779 e. The maximum atomic E-state index is 2.38. The molecule has 0 aromatic carbocycles. The molecule has 0 aliphatic heterocycles. The normalized spacial score (nSPS) is 12.1. The van der Waals surface area contributed by atoms with Gasteiger partial charge in [0.15, 0.2) is 0 Å². The molecule has 0 spiro atoms. The van der Waals surface area contributed by atoms with Crippen LogP contribution in [0, 0.1) is 0 Å². The molecule has 0 unspecified atom stereocenters. The second-order valence-corrected chi connectivity index (χ2v) is 8.20. The number of nitrogens with zero attached hydrogens (tertiary/aromatic N) is 1. The molecule has 0 bridgehead atoms. The van der Waals surface area contributed by atoms with Gasteiger partial charge in [0.2, 0.25) is 0 Å². The molecule has 0 rings (SSSR count). The summed E-state index contributed by atoms with van der Waals surface area (Å²) < 4.78 is 1.25. The summed E-state index contributed by atoms with van der Waals surface area (Å²) in [4.78, 5) is 0. The van der Waals surface area contributed by atoms with Gasteiger partial charge < -0.3 is 4.48 Å². The third-order valence-corrected chi connectivity index (χ3v) is 6.69. The molecule has 0 aromatic heterocycles. The van der Waals surface area contributed by atoms with Crippen molar-refractivity contribution in [3.05, 3.63) is 0 Å². The van der Waals surface area contributed by atoms with Crippen LogP contribution in [0.1, 0.15) is 96.8 Å². The molecule has 0 fully saturated rings. The van der Waals surface area contributed by atoms with Gasteiger partial charge in [-0.05, 0) is 12.8 Å². The topological polar surface area (TPSA) is 0 Å². The van der Waals surface area contributed by atoms with E-state index in [2.05, 4.69) is 21.0 Å². The van der Waals surface area contributed by atoms with Crippen molar-refractivity contribution >= 4 is 10.2 Å². The van der Waals surface area contributed by atoms with E-state index in [1.807, 2.05) is 0 Å². The molecule has 0 saturated heterocycles. The van der Waals surface area contributed by atoms with Crippen molar-refractivity contribution in [3.63, 3.8) is 0 Å². The lowest BCUT2D eigenvalue weighted by Gasteiger charge is -2.28. The van der Waals surface area contributed by atoms with Crippen LogP contribution in [0.25, 0.3) is 0 Å². The summed E-state index contributed by atoms with van der Waals surface area (Å²) in [7, 11) is 6.11. The van der Waals surface area contributed by atoms with Crippen LogP contribution in [0.4, 0.5) is 0 Å². The van der Waals surface area contributed by atoms with E-state index in [9.17, 15) is 0 Å². The highest BCUT2D eigenvalue weighted by atomic mass is 28.1. The van der Waals surface area contributed by atoms with Crippen molar-refractivity contribution < 1.29 is 4.48 Å². The molecule has 0 aromatic rings. The van der Waals surface area contributed by atoms with Crippen LogP contribution < -0.4 is 0 Å². The second-order valence-electron chi connectivity index (χ2n) is 7.57. The fourth-order valence-corrected chi connectivity index (χ4v) is 3.21. The van der Waals surface area contributed by atoms with Crippen LogP contribution >= 0.6 is 0 Å². The van der Waals surface area contributed by atoms with Crippen LogP contribution in [0.15, 0.2) is 0 Å². The van der Waals surface area contributed by atoms with E-state index in [0.717, 1.165) is 0 Å². The van der Waals surface area contributed by atoms with Crippen LogP contribution in [0.2, 0.25) is 0 Å². The van der Waals surface area contributed by atoms with Gasteiger partial charge in [-0.25, -0.2) is 0 Å². The first kappa shape index (κ1) is 21.2. The van der Waals surface area contributed by atoms with Crippen molar-refractivity contribution in [1.82, 2.24) is 0 Å². The van der Waals surface area contributed by atoms with Gasteiger partial charge in [0.1, 0.15) is 0 Å². The highest BCUT2D eigenvalue weighted by Crippen LogP contribution is 2.13. The number of hydrogen-bond donors (Lipinski definition) is 0. The van der Waals surface area contributed by atoms with Crippen LogP contribution in [-0.2, 0) is 0 Å². The maximum absolute atomic E-state index is 2.38. The lowest BCUT2D eigenvalue weighted by atomic mass is 10.0. The molecule has 21 heavy (non-hydrogen) atoms. The Balaban J connectivity index is 3.06. The fourth-order valence-electron chi connectivity index (χ4n) is 2.89. The molecule has 2 heteroatoms. The van der Waals surface area contributed by atoms with Gasteiger partial charge in [0.25, 0.3) is 0 Å². The molecule has 1 nitrogen and oxygen atoms in total. The number of quaternary nitrogens is 1. The largest absolute Gasteiger partial charge is 0.333 e. The van der Waals surface area contributed by atoms with Crippen molar-refractivity contribution in [2.75, 3.05) is 26.8 Å². The van der Waals surface area contributed by atoms with Crippen LogP contribution in [0.3, 0.4) is 0 Å². The van der Waals surface area contributed by atoms with Gasteiger partial charge >= 0.3 is 0 Å². The Bertz CT molecular complexity index is 204. The minimum Gasteiger partial charge on any atom is -0.333 e. The molecule has 0 amide bonds. The van der Waals surface area contributed by atoms with E-state index < -0.39 is 0 Å². The Morgan fingerprint density at radius 1 is 0.571 bits per heavy atom. The van der Waals surface area contributed by atoms with Crippen molar-refractivity contribution in [1.29, 1.82) is 0 Å². The third-order valence-electron chi connectivity index (χ3n) is 4.97. The first-order chi connectivity index (χ1) is 10.1. The lowest BCUT2D eigenvalue weighted by molar-refractivity contribution is -0.879. The molecule has 0 saturated carbocycles. The van der Waals surface area contributed by atoms with E-state index >= 15 is 0 Å². The Labute approximate surface area is 138 Å². The zero-order valence-corrected chi connectivity index (χ0v) is 17.8. The highest BCUT2D eigenvalue weighted by Gasteiger charge is 2.09. The summed E-state index contributed by atoms with van der Waals surface area (Å²) in [5.74, 6) is 0. The van der Waals surface area contributed by atoms with Gasteiger partial charge in [-0.2, -0.15) is 0 Å². The summed E-state index contributed by atoms with van der Waals surface area (Å²) in [5, 5.41) is 0. The molecule has 0 aliphatic carbocycles. The Kier molecular flexibility index (Phi) is 15.2. The Hall–Kier alpha value is 0.177. The predicted molar refractivity (Wildman–Crippen MR) is 102 cm³/mol. The SMILES string of the molecule is CCCCCCCCCCCCCCCC[N+](C)(C)C[SiH3]. The first-order valence-corrected chi connectivity index (χ1v) is 11.4. The average molecular weight is 315 g/mol. The zero-order chi connectivity index (χ0) is 15.8. The maximum Gasteiger partial charge on any atom is 0.0779 e. The van der Waals surface area contributed by atoms with Crippen molar-refractivity contribution in [3.8, 4) is 0 Å². The number of hydrogen-bond acceptors (Lipinski definition) is 0. The fraction of sp³-hybridized carbons (Fsp3) is 1.00. The van der Waals surface area contributed by atoms with Gasteiger partial charge in [-0.1, -0.05) is 84.0 Å². The van der Waals surface area contributed by atoms with Crippen LogP contribution in [-0.4, -0.2) is 41.5 Å². The lowest BCUT2D eigenvalue weighted by Crippen LogP contribution is -2.41. The molecule has 0 N–H and O–H groups in total. The van der Waals surface area contributed by atoms with Gasteiger partial charge in [-0.3, -0.25) is 0 Å². The van der Waals surface area contributed by atoms with E-state index in [1.165, 1.54) is 117 Å². The minimum absolute atomic E-state index is 1.25. The molecule has 128 valence electrons. The quantitative estimate of drug-likeness (QED) is 0.217. The van der Waals surface area contributed by atoms with E-state index in [1.54, 1.807) is 0 Å². The summed E-state index contributed by atoms with van der Waals surface area (Å²) >= 11 is 0. The van der Waals surface area contributed by atoms with E-state index in [0.29, 0.717) is 0 Å². The second kappa shape index (κ2) is 15.1. The molecule has 0 radical (unpaired) electrons. The van der Waals surface area contributed by atoms with Gasteiger partial charge in [0.05, 0.1) is 37.1 Å². The Morgan fingerprint density at radius 2 is 0.905 bits per heavy atom. The first-order valence-electron chi connectivity index (χ1n) is 9.94. The monoisotopic (exact) mass is 314 g/mol. The van der Waals surface area contributed by atoms with Crippen molar-refractivity contribution in [2.24, 2.45) is 0 Å². The third kappa shape index (κ3) is 16.4. The standard InChI is InChI=1S/C19H44NSi/c1-4-5-6-7-8-9-10-11-12-13-14-15-16-17-18-20(2,3)19-21/h4-19H2,1-3,21H3/q+1. The van der Waals surface area contributed by atoms with Gasteiger partial charge in [-0.15, -0.1) is 0 Å². The molecular weight excluding hydrogens is 270 g/mol. The summed E-state index contributed by atoms with van der Waals surface area (Å²) in [6.45, 7) is 3.69. The number of rotatable bonds is 16. The predicted octanol–water partition coefficient (Wildman–Crippen LogP) is 4.87. The summed E-state index contributed by atoms with van der Waals surface area (Å²) in [6, 6.07) is 0. The highest BCUT2D eigenvalue weighted by molar-refractivity contribution is 6.08. The molecular formula is C19H44NSi+. The summed E-state index contributed by atoms with van der Waals surface area (Å²) in [6.07, 6.45) is 21.9. The van der Waals surface area contributed by atoms with E-state index in [4.69, 9.17) is 0 Å². The van der Waals surface area contributed by atoms with Gasteiger partial charge in [0, 0.05) is 0 Å². The average Bonchev–Trinajstić information content (AvgIpc) is 2.47. The van der Waals surface area contributed by atoms with Crippen molar-refractivity contribution in [2.45, 2.75) is 96.8 Å². The minimum atomic E-state index is 1.25. The molecule has 0 aliphatic rings. The molecule has 0 heterocycles. The van der Waals surface area contributed by atoms with E-state index in [-0.39, 0.29) is 0 Å². The Morgan fingerprint density at radius 3 is 1.24 bits per heavy atom. The zero-order valence-electron chi connectivity index (χ0n) is 15.8. The van der Waals surface area contributed by atoms with Crippen LogP contribution in [0.5, 0.6) is 0 Å².